The van der Waals surface area contributed by atoms with Crippen molar-refractivity contribution in [2.75, 3.05) is 13.1 Å². The second-order valence-corrected chi connectivity index (χ2v) is 5.16. The van der Waals surface area contributed by atoms with Crippen LogP contribution >= 0.6 is 0 Å². The molecule has 1 N–H and O–H groups in total. The lowest BCUT2D eigenvalue weighted by Gasteiger charge is -2.38. The molecule has 2 amide bonds. The summed E-state index contributed by atoms with van der Waals surface area (Å²) in [4.78, 5) is 24.8. The second-order valence-electron chi connectivity index (χ2n) is 5.16. The molecule has 6 nitrogen and oxygen atoms in total. The van der Waals surface area contributed by atoms with E-state index in [1.165, 1.54) is 6.92 Å². The van der Waals surface area contributed by atoms with Gasteiger partial charge < -0.3 is 10.2 Å². The summed E-state index contributed by atoms with van der Waals surface area (Å²) in [6, 6.07) is -0.0624. The highest BCUT2D eigenvalue weighted by Gasteiger charge is 2.34. The summed E-state index contributed by atoms with van der Waals surface area (Å²) in [5.41, 5.74) is 2.07. The molecule has 0 radical (unpaired) electrons. The molecule has 0 saturated carbocycles. The summed E-state index contributed by atoms with van der Waals surface area (Å²) in [5.74, 6) is -0.0446. The normalized spacial score (nSPS) is 16.9. The van der Waals surface area contributed by atoms with E-state index >= 15 is 0 Å². The Balaban J connectivity index is 1.90. The average molecular weight is 264 g/mol. The lowest BCUT2D eigenvalue weighted by atomic mass is 9.98. The molecule has 1 aliphatic heterocycles. The van der Waals surface area contributed by atoms with Crippen LogP contribution in [0.2, 0.25) is 0 Å². The number of amides is 2. The zero-order chi connectivity index (χ0) is 14.2. The number of nitrogens with zero attached hydrogens (tertiary/aromatic N) is 3. The molecule has 1 fully saturated rings. The van der Waals surface area contributed by atoms with E-state index in [1.54, 1.807) is 15.8 Å². The van der Waals surface area contributed by atoms with Gasteiger partial charge in [0, 0.05) is 38.3 Å². The third kappa shape index (κ3) is 2.62. The molecule has 1 atom stereocenters. The van der Waals surface area contributed by atoms with Crippen LogP contribution in [0, 0.1) is 12.8 Å². The summed E-state index contributed by atoms with van der Waals surface area (Å²) in [7, 11) is 1.88. The molecule has 19 heavy (non-hydrogen) atoms. The fraction of sp³-hybridized carbons (Fsp3) is 0.615. The molecule has 1 saturated heterocycles. The molecular weight excluding hydrogens is 244 g/mol. The van der Waals surface area contributed by atoms with Gasteiger partial charge in [-0.15, -0.1) is 0 Å². The highest BCUT2D eigenvalue weighted by Crippen LogP contribution is 2.20. The van der Waals surface area contributed by atoms with Gasteiger partial charge in [0.15, 0.2) is 0 Å². The van der Waals surface area contributed by atoms with Gasteiger partial charge in [0.25, 0.3) is 0 Å². The first-order valence-electron chi connectivity index (χ1n) is 6.44. The van der Waals surface area contributed by atoms with Crippen molar-refractivity contribution in [2.45, 2.75) is 26.8 Å². The second kappa shape index (κ2) is 5.03. The number of hydrogen-bond donors (Lipinski definition) is 1. The van der Waals surface area contributed by atoms with Crippen molar-refractivity contribution in [3.63, 3.8) is 0 Å². The monoisotopic (exact) mass is 264 g/mol. The Morgan fingerprint density at radius 2 is 2.11 bits per heavy atom. The first-order chi connectivity index (χ1) is 8.90. The number of carbonyl (C=O) groups excluding carboxylic acids is 2. The van der Waals surface area contributed by atoms with E-state index in [1.807, 2.05) is 20.9 Å². The van der Waals surface area contributed by atoms with Crippen molar-refractivity contribution in [3.8, 4) is 0 Å². The van der Waals surface area contributed by atoms with E-state index < -0.39 is 0 Å². The van der Waals surface area contributed by atoms with E-state index in [9.17, 15) is 9.59 Å². The Kier molecular flexibility index (Phi) is 3.59. The number of aryl methyl sites for hydroxylation is 1. The molecule has 2 rings (SSSR count). The fourth-order valence-electron chi connectivity index (χ4n) is 2.25. The Morgan fingerprint density at radius 1 is 1.47 bits per heavy atom. The Bertz CT molecular complexity index is 503. The van der Waals surface area contributed by atoms with Crippen LogP contribution in [0.25, 0.3) is 0 Å². The molecule has 1 aromatic heterocycles. The van der Waals surface area contributed by atoms with Crippen molar-refractivity contribution in [2.24, 2.45) is 13.0 Å². The van der Waals surface area contributed by atoms with Crippen molar-refractivity contribution >= 4 is 11.8 Å². The van der Waals surface area contributed by atoms with Crippen molar-refractivity contribution in [3.05, 3.63) is 17.5 Å². The topological polar surface area (TPSA) is 67.2 Å². The van der Waals surface area contributed by atoms with Crippen LogP contribution < -0.4 is 5.32 Å². The van der Waals surface area contributed by atoms with Crippen molar-refractivity contribution in [1.29, 1.82) is 0 Å². The van der Waals surface area contributed by atoms with E-state index in [0.29, 0.717) is 13.1 Å². The summed E-state index contributed by atoms with van der Waals surface area (Å²) in [6.45, 7) is 6.50. The largest absolute Gasteiger partial charge is 0.349 e. The van der Waals surface area contributed by atoms with Gasteiger partial charge in [-0.3, -0.25) is 14.3 Å². The highest BCUT2D eigenvalue weighted by atomic mass is 16.2. The predicted octanol–water partition coefficient (Wildman–Crippen LogP) is 0.384. The van der Waals surface area contributed by atoms with Crippen LogP contribution in [-0.4, -0.2) is 39.6 Å². The number of aromatic nitrogens is 2. The molecule has 1 unspecified atom stereocenters. The number of rotatable bonds is 3. The molecule has 1 aromatic rings. The Labute approximate surface area is 112 Å². The van der Waals surface area contributed by atoms with E-state index in [2.05, 4.69) is 10.4 Å². The number of likely N-dealkylation sites (tertiary alicyclic amines) is 1. The molecule has 0 spiro atoms. The molecule has 1 aliphatic rings. The van der Waals surface area contributed by atoms with Crippen LogP contribution in [-0.2, 0) is 16.6 Å². The standard InChI is InChI=1S/C13H20N4O2/c1-8(12-5-14-16(4)9(12)2)15-13(19)11-6-17(7-11)10(3)18/h5,8,11H,6-7H2,1-4H3,(H,15,19). The van der Waals surface area contributed by atoms with Crippen LogP contribution in [0.3, 0.4) is 0 Å². The molecule has 104 valence electrons. The van der Waals surface area contributed by atoms with Gasteiger partial charge in [0.05, 0.1) is 18.2 Å². The average Bonchev–Trinajstić information content (AvgIpc) is 2.56. The van der Waals surface area contributed by atoms with E-state index in [0.717, 1.165) is 11.3 Å². The van der Waals surface area contributed by atoms with Crippen LogP contribution in [0.15, 0.2) is 6.20 Å². The predicted molar refractivity (Wildman–Crippen MR) is 70.2 cm³/mol. The van der Waals surface area contributed by atoms with Gasteiger partial charge in [0.2, 0.25) is 11.8 Å². The molecule has 0 aromatic carbocycles. The van der Waals surface area contributed by atoms with Crippen molar-refractivity contribution < 1.29 is 9.59 Å². The minimum atomic E-state index is -0.0803. The summed E-state index contributed by atoms with van der Waals surface area (Å²) in [5, 5.41) is 7.15. The highest BCUT2D eigenvalue weighted by molar-refractivity contribution is 5.83. The lowest BCUT2D eigenvalue weighted by molar-refractivity contribution is -0.141. The molecule has 2 heterocycles. The molecule has 0 aliphatic carbocycles. The van der Waals surface area contributed by atoms with Gasteiger partial charge in [-0.1, -0.05) is 0 Å². The molecule has 6 heteroatoms. The van der Waals surface area contributed by atoms with Crippen LogP contribution in [0.4, 0.5) is 0 Å². The smallest absolute Gasteiger partial charge is 0.227 e. The lowest BCUT2D eigenvalue weighted by Crippen LogP contribution is -2.55. The summed E-state index contributed by atoms with van der Waals surface area (Å²) >= 11 is 0. The van der Waals surface area contributed by atoms with Gasteiger partial charge in [-0.05, 0) is 13.8 Å². The zero-order valence-corrected chi connectivity index (χ0v) is 11.8. The molecule has 0 bridgehead atoms. The minimum Gasteiger partial charge on any atom is -0.349 e. The van der Waals surface area contributed by atoms with Gasteiger partial charge in [-0.25, -0.2) is 0 Å². The quantitative estimate of drug-likeness (QED) is 0.858. The van der Waals surface area contributed by atoms with E-state index in [4.69, 9.17) is 0 Å². The van der Waals surface area contributed by atoms with Crippen LogP contribution in [0.1, 0.15) is 31.1 Å². The number of carbonyl (C=O) groups is 2. The van der Waals surface area contributed by atoms with Gasteiger partial charge >= 0.3 is 0 Å². The van der Waals surface area contributed by atoms with Gasteiger partial charge in [-0.2, -0.15) is 5.10 Å². The summed E-state index contributed by atoms with van der Waals surface area (Å²) < 4.78 is 1.79. The maximum Gasteiger partial charge on any atom is 0.227 e. The first kappa shape index (κ1) is 13.6. The van der Waals surface area contributed by atoms with Crippen LogP contribution in [0.5, 0.6) is 0 Å². The first-order valence-corrected chi connectivity index (χ1v) is 6.44. The maximum atomic E-state index is 12.0. The summed E-state index contributed by atoms with van der Waals surface area (Å²) in [6.07, 6.45) is 1.78. The number of hydrogen-bond acceptors (Lipinski definition) is 3. The van der Waals surface area contributed by atoms with E-state index in [-0.39, 0.29) is 23.8 Å². The SMILES string of the molecule is CC(=O)N1CC(C(=O)NC(C)c2cnn(C)c2C)C1. The zero-order valence-electron chi connectivity index (χ0n) is 11.8. The third-order valence-corrected chi connectivity index (χ3v) is 3.80. The third-order valence-electron chi connectivity index (χ3n) is 3.80. The minimum absolute atomic E-state index is 0.00764. The number of nitrogens with one attached hydrogen (secondary N) is 1. The Hall–Kier alpha value is -1.85. The maximum absolute atomic E-state index is 12.0. The fourth-order valence-corrected chi connectivity index (χ4v) is 2.25. The van der Waals surface area contributed by atoms with Gasteiger partial charge in [0.1, 0.15) is 0 Å². The Morgan fingerprint density at radius 3 is 2.58 bits per heavy atom. The molecular formula is C13H20N4O2. The van der Waals surface area contributed by atoms with Crippen molar-refractivity contribution in [1.82, 2.24) is 20.0 Å².